The Balaban J connectivity index is 1.79. The summed E-state index contributed by atoms with van der Waals surface area (Å²) in [5.74, 6) is 0. The number of rotatable bonds is 4. The highest BCUT2D eigenvalue weighted by Gasteiger charge is 2.31. The van der Waals surface area contributed by atoms with Crippen molar-refractivity contribution >= 4 is 0 Å². The first-order chi connectivity index (χ1) is 8.07. The summed E-state index contributed by atoms with van der Waals surface area (Å²) in [6, 6.07) is 6.30. The number of aromatic nitrogens is 1. The Kier molecular flexibility index (Phi) is 3.79. The van der Waals surface area contributed by atoms with Crippen LogP contribution < -0.4 is 5.32 Å². The van der Waals surface area contributed by atoms with Crippen molar-refractivity contribution in [2.24, 2.45) is 0 Å². The van der Waals surface area contributed by atoms with Gasteiger partial charge in [0.2, 0.25) is 0 Å². The first-order valence-corrected chi connectivity index (χ1v) is 6.39. The minimum atomic E-state index is 0.0561. The number of nitrogens with one attached hydrogen (secondary N) is 1. The van der Waals surface area contributed by atoms with E-state index in [9.17, 15) is 0 Å². The fourth-order valence-corrected chi connectivity index (χ4v) is 2.27. The SMILES string of the molecule is C[C@H](NCC1CCC(C)(C)O1)c1ccccn1. The molecule has 1 aliphatic heterocycles. The quantitative estimate of drug-likeness (QED) is 0.869. The molecule has 2 atom stereocenters. The Bertz CT molecular complexity index is 350. The average Bonchev–Trinajstić information content (AvgIpc) is 2.67. The summed E-state index contributed by atoms with van der Waals surface area (Å²) in [6.45, 7) is 7.37. The normalized spacial score (nSPS) is 24.8. The highest BCUT2D eigenvalue weighted by atomic mass is 16.5. The second-order valence-electron chi connectivity index (χ2n) is 5.42. The van der Waals surface area contributed by atoms with Crippen LogP contribution in [-0.2, 0) is 4.74 Å². The maximum Gasteiger partial charge on any atom is 0.0708 e. The van der Waals surface area contributed by atoms with Gasteiger partial charge in [-0.3, -0.25) is 4.98 Å². The molecule has 0 aliphatic carbocycles. The Labute approximate surface area is 104 Å². The smallest absolute Gasteiger partial charge is 0.0708 e. The van der Waals surface area contributed by atoms with Gasteiger partial charge in [0.1, 0.15) is 0 Å². The lowest BCUT2D eigenvalue weighted by molar-refractivity contribution is -0.0150. The third-order valence-corrected chi connectivity index (χ3v) is 3.34. The Morgan fingerprint density at radius 2 is 2.35 bits per heavy atom. The topological polar surface area (TPSA) is 34.1 Å². The van der Waals surface area contributed by atoms with E-state index in [0.717, 1.165) is 25.1 Å². The zero-order valence-corrected chi connectivity index (χ0v) is 10.9. The molecule has 3 heteroatoms. The van der Waals surface area contributed by atoms with E-state index in [4.69, 9.17) is 4.74 Å². The number of pyridine rings is 1. The molecule has 0 aromatic carbocycles. The molecule has 1 unspecified atom stereocenters. The number of hydrogen-bond donors (Lipinski definition) is 1. The number of hydrogen-bond acceptors (Lipinski definition) is 3. The zero-order chi connectivity index (χ0) is 12.3. The predicted octanol–water partition coefficient (Wildman–Crippen LogP) is 2.69. The first kappa shape index (κ1) is 12.5. The fraction of sp³-hybridized carbons (Fsp3) is 0.643. The second-order valence-corrected chi connectivity index (χ2v) is 5.42. The Hall–Kier alpha value is -0.930. The monoisotopic (exact) mass is 234 g/mol. The van der Waals surface area contributed by atoms with Gasteiger partial charge in [-0.1, -0.05) is 6.07 Å². The van der Waals surface area contributed by atoms with Crippen LogP contribution in [0.3, 0.4) is 0 Å². The van der Waals surface area contributed by atoms with Crippen molar-refractivity contribution in [1.29, 1.82) is 0 Å². The molecular formula is C14H22N2O. The van der Waals surface area contributed by atoms with Gasteiger partial charge in [-0.2, -0.15) is 0 Å². The molecule has 0 radical (unpaired) electrons. The molecule has 1 saturated heterocycles. The molecule has 1 aliphatic rings. The second kappa shape index (κ2) is 5.15. The van der Waals surface area contributed by atoms with E-state index < -0.39 is 0 Å². The lowest BCUT2D eigenvalue weighted by Gasteiger charge is -2.21. The van der Waals surface area contributed by atoms with Crippen LogP contribution in [0.15, 0.2) is 24.4 Å². The van der Waals surface area contributed by atoms with Gasteiger partial charge in [-0.25, -0.2) is 0 Å². The predicted molar refractivity (Wildman–Crippen MR) is 68.8 cm³/mol. The molecule has 0 saturated carbocycles. The van der Waals surface area contributed by atoms with Crippen molar-refractivity contribution in [2.75, 3.05) is 6.54 Å². The van der Waals surface area contributed by atoms with Crippen LogP contribution in [0.25, 0.3) is 0 Å². The summed E-state index contributed by atoms with van der Waals surface area (Å²) < 4.78 is 5.95. The largest absolute Gasteiger partial charge is 0.371 e. The minimum absolute atomic E-state index is 0.0561. The summed E-state index contributed by atoms with van der Waals surface area (Å²) in [7, 11) is 0. The van der Waals surface area contributed by atoms with E-state index >= 15 is 0 Å². The van der Waals surface area contributed by atoms with E-state index in [1.54, 1.807) is 0 Å². The van der Waals surface area contributed by atoms with E-state index in [0.29, 0.717) is 6.10 Å². The highest BCUT2D eigenvalue weighted by Crippen LogP contribution is 2.29. The number of nitrogens with zero attached hydrogens (tertiary/aromatic N) is 1. The summed E-state index contributed by atoms with van der Waals surface area (Å²) in [4.78, 5) is 4.35. The van der Waals surface area contributed by atoms with Crippen LogP contribution in [-0.4, -0.2) is 23.2 Å². The number of ether oxygens (including phenoxy) is 1. The van der Waals surface area contributed by atoms with E-state index in [2.05, 4.69) is 37.1 Å². The molecule has 1 aromatic heterocycles. The molecule has 1 fully saturated rings. The average molecular weight is 234 g/mol. The van der Waals surface area contributed by atoms with E-state index in [1.165, 1.54) is 0 Å². The van der Waals surface area contributed by atoms with Crippen molar-refractivity contribution in [3.63, 3.8) is 0 Å². The summed E-state index contributed by atoms with van der Waals surface area (Å²) >= 11 is 0. The Morgan fingerprint density at radius 3 is 2.94 bits per heavy atom. The van der Waals surface area contributed by atoms with Gasteiger partial charge in [0.15, 0.2) is 0 Å². The molecule has 2 rings (SSSR count). The van der Waals surface area contributed by atoms with E-state index in [-0.39, 0.29) is 11.6 Å². The Morgan fingerprint density at radius 1 is 1.53 bits per heavy atom. The van der Waals surface area contributed by atoms with Crippen molar-refractivity contribution in [3.8, 4) is 0 Å². The first-order valence-electron chi connectivity index (χ1n) is 6.39. The molecule has 0 bridgehead atoms. The standard InChI is InChI=1S/C14H22N2O/c1-11(13-6-4-5-9-15-13)16-10-12-7-8-14(2,3)17-12/h4-6,9,11-12,16H,7-8,10H2,1-3H3/t11-,12?/m0/s1. The van der Waals surface area contributed by atoms with Crippen molar-refractivity contribution in [1.82, 2.24) is 10.3 Å². The summed E-state index contributed by atoms with van der Waals surface area (Å²) in [6.07, 6.45) is 4.48. The van der Waals surface area contributed by atoms with Crippen molar-refractivity contribution in [3.05, 3.63) is 30.1 Å². The van der Waals surface area contributed by atoms with Crippen LogP contribution in [0.4, 0.5) is 0 Å². The fourth-order valence-electron chi connectivity index (χ4n) is 2.27. The third kappa shape index (κ3) is 3.51. The summed E-state index contributed by atoms with van der Waals surface area (Å²) in [5.41, 5.74) is 1.14. The molecule has 1 aromatic rings. The third-order valence-electron chi connectivity index (χ3n) is 3.34. The van der Waals surface area contributed by atoms with Gasteiger partial charge >= 0.3 is 0 Å². The molecule has 94 valence electrons. The van der Waals surface area contributed by atoms with Gasteiger partial charge < -0.3 is 10.1 Å². The maximum atomic E-state index is 5.95. The van der Waals surface area contributed by atoms with Gasteiger partial charge in [-0.15, -0.1) is 0 Å². The molecule has 0 spiro atoms. The van der Waals surface area contributed by atoms with Gasteiger partial charge in [0.25, 0.3) is 0 Å². The van der Waals surface area contributed by atoms with Gasteiger partial charge in [0.05, 0.1) is 17.4 Å². The van der Waals surface area contributed by atoms with Crippen LogP contribution in [0.2, 0.25) is 0 Å². The van der Waals surface area contributed by atoms with Crippen LogP contribution in [0, 0.1) is 0 Å². The molecule has 2 heterocycles. The van der Waals surface area contributed by atoms with E-state index in [1.807, 2.05) is 18.3 Å². The molecule has 3 nitrogen and oxygen atoms in total. The van der Waals surface area contributed by atoms with Crippen molar-refractivity contribution in [2.45, 2.75) is 51.4 Å². The minimum Gasteiger partial charge on any atom is -0.371 e. The lowest BCUT2D eigenvalue weighted by atomic mass is 10.1. The molecule has 0 amide bonds. The van der Waals surface area contributed by atoms with Crippen LogP contribution >= 0.6 is 0 Å². The highest BCUT2D eigenvalue weighted by molar-refractivity contribution is 5.07. The summed E-state index contributed by atoms with van der Waals surface area (Å²) in [5, 5.41) is 3.49. The lowest BCUT2D eigenvalue weighted by Crippen LogP contribution is -2.31. The molecular weight excluding hydrogens is 212 g/mol. The molecule has 1 N–H and O–H groups in total. The van der Waals surface area contributed by atoms with Gasteiger partial charge in [0, 0.05) is 18.8 Å². The van der Waals surface area contributed by atoms with Gasteiger partial charge in [-0.05, 0) is 45.7 Å². The maximum absolute atomic E-state index is 5.95. The zero-order valence-electron chi connectivity index (χ0n) is 10.9. The van der Waals surface area contributed by atoms with Crippen molar-refractivity contribution < 1.29 is 4.74 Å². The van der Waals surface area contributed by atoms with Crippen LogP contribution in [0.1, 0.15) is 45.3 Å². The molecule has 17 heavy (non-hydrogen) atoms. The van der Waals surface area contributed by atoms with Crippen LogP contribution in [0.5, 0.6) is 0 Å².